The highest BCUT2D eigenvalue weighted by atomic mass is 16.4. The summed E-state index contributed by atoms with van der Waals surface area (Å²) < 4.78 is 0. The summed E-state index contributed by atoms with van der Waals surface area (Å²) >= 11 is 0. The van der Waals surface area contributed by atoms with Crippen molar-refractivity contribution in [2.24, 2.45) is 5.41 Å². The molecule has 24 heavy (non-hydrogen) atoms. The smallest absolute Gasteiger partial charge is 0.307 e. The molecule has 0 heterocycles. The molecule has 0 atom stereocenters. The van der Waals surface area contributed by atoms with Gasteiger partial charge in [0, 0.05) is 12.0 Å². The van der Waals surface area contributed by atoms with Crippen LogP contribution < -0.4 is 10.4 Å². The molecule has 0 saturated heterocycles. The summed E-state index contributed by atoms with van der Waals surface area (Å²) in [5.74, 6) is -0.727. The Morgan fingerprint density at radius 3 is 2.67 bits per heavy atom. The van der Waals surface area contributed by atoms with Crippen LogP contribution in [0.5, 0.6) is 0 Å². The van der Waals surface area contributed by atoms with Crippen LogP contribution in [-0.4, -0.2) is 16.9 Å². The Morgan fingerprint density at radius 2 is 1.96 bits per heavy atom. The van der Waals surface area contributed by atoms with Crippen LogP contribution in [0.4, 0.5) is 0 Å². The van der Waals surface area contributed by atoms with E-state index < -0.39 is 5.97 Å². The van der Waals surface area contributed by atoms with Crippen LogP contribution >= 0.6 is 0 Å². The number of ketones is 1. The van der Waals surface area contributed by atoms with Crippen molar-refractivity contribution >= 4 is 29.5 Å². The average molecular weight is 324 g/mol. The number of carboxylic acids is 1. The molecule has 0 aliphatic heterocycles. The largest absolute Gasteiger partial charge is 0.481 e. The van der Waals surface area contributed by atoms with E-state index in [-0.39, 0.29) is 17.6 Å². The number of carbonyl (C=O) groups is 2. The number of Topliss-reactive ketones (excluding diaryl/α,β-unsaturated/α-hetero) is 1. The van der Waals surface area contributed by atoms with E-state index in [0.29, 0.717) is 12.0 Å². The molecule has 0 spiro atoms. The molecule has 0 bridgehead atoms. The molecular weight excluding hydrogens is 300 g/mol. The number of allylic oxidation sites excluding steroid dienone is 2. The van der Waals surface area contributed by atoms with Gasteiger partial charge >= 0.3 is 5.97 Å². The van der Waals surface area contributed by atoms with Gasteiger partial charge in [-0.25, -0.2) is 0 Å². The van der Waals surface area contributed by atoms with Crippen LogP contribution in [-0.2, 0) is 16.0 Å². The van der Waals surface area contributed by atoms with Gasteiger partial charge in [-0.3, -0.25) is 9.59 Å². The van der Waals surface area contributed by atoms with E-state index in [2.05, 4.69) is 38.1 Å². The van der Waals surface area contributed by atoms with Crippen molar-refractivity contribution in [3.8, 4) is 0 Å². The molecule has 0 aromatic heterocycles. The zero-order valence-corrected chi connectivity index (χ0v) is 14.6. The summed E-state index contributed by atoms with van der Waals surface area (Å²) in [7, 11) is 0. The van der Waals surface area contributed by atoms with Gasteiger partial charge in [0.15, 0.2) is 5.78 Å². The average Bonchev–Trinajstić information content (AvgIpc) is 2.50. The molecule has 0 radical (unpaired) electrons. The van der Waals surface area contributed by atoms with Gasteiger partial charge in [0.1, 0.15) is 0 Å². The molecule has 0 unspecified atom stereocenters. The molecule has 2 aliphatic carbocycles. The second-order valence-electron chi connectivity index (χ2n) is 7.58. The van der Waals surface area contributed by atoms with Crippen molar-refractivity contribution in [1.82, 2.24) is 0 Å². The minimum atomic E-state index is -0.859. The summed E-state index contributed by atoms with van der Waals surface area (Å²) in [5, 5.41) is 11.5. The normalized spacial score (nSPS) is 19.0. The fraction of sp³-hybridized carbons (Fsp3) is 0.429. The van der Waals surface area contributed by atoms with Crippen molar-refractivity contribution in [2.75, 3.05) is 0 Å². The fourth-order valence-corrected chi connectivity index (χ4v) is 3.77. The number of hydrogen-bond donors (Lipinski definition) is 1. The SMILES string of the molecule is Cc1cc2c(c(C3=CC(C)(C)CCC3=O)c1CC(=O)O)=CCCC=2. The Morgan fingerprint density at radius 1 is 1.25 bits per heavy atom. The minimum Gasteiger partial charge on any atom is -0.481 e. The lowest BCUT2D eigenvalue weighted by atomic mass is 9.75. The van der Waals surface area contributed by atoms with Crippen LogP contribution in [0.15, 0.2) is 12.1 Å². The topological polar surface area (TPSA) is 54.4 Å². The number of rotatable bonds is 3. The maximum absolute atomic E-state index is 12.7. The molecule has 3 rings (SSSR count). The summed E-state index contributed by atoms with van der Waals surface area (Å²) in [6.07, 6.45) is 9.64. The summed E-state index contributed by atoms with van der Waals surface area (Å²) in [6, 6.07) is 2.06. The number of benzene rings is 1. The lowest BCUT2D eigenvalue weighted by Gasteiger charge is -2.28. The van der Waals surface area contributed by atoms with Crippen molar-refractivity contribution in [1.29, 1.82) is 0 Å². The first-order chi connectivity index (χ1) is 11.3. The van der Waals surface area contributed by atoms with E-state index in [1.807, 2.05) is 6.92 Å². The van der Waals surface area contributed by atoms with Crippen LogP contribution in [0.2, 0.25) is 0 Å². The highest BCUT2D eigenvalue weighted by Gasteiger charge is 2.29. The first-order valence-corrected chi connectivity index (χ1v) is 8.59. The van der Waals surface area contributed by atoms with Crippen LogP contribution in [0.3, 0.4) is 0 Å². The van der Waals surface area contributed by atoms with Gasteiger partial charge in [0.05, 0.1) is 6.42 Å². The van der Waals surface area contributed by atoms with E-state index >= 15 is 0 Å². The van der Waals surface area contributed by atoms with E-state index in [4.69, 9.17) is 0 Å². The minimum absolute atomic E-state index is 0.0429. The van der Waals surface area contributed by atoms with Gasteiger partial charge in [-0.15, -0.1) is 0 Å². The lowest BCUT2D eigenvalue weighted by molar-refractivity contribution is -0.136. The monoisotopic (exact) mass is 324 g/mol. The quantitative estimate of drug-likeness (QED) is 0.930. The number of carboxylic acid groups (broad SMARTS) is 1. The standard InChI is InChI=1S/C21H24O3/c1-13-10-14-6-4-5-7-15(14)20(16(13)11-19(23)24)17-12-21(2,3)9-8-18(17)22/h6-7,10,12H,4-5,8-9,11H2,1-3H3,(H,23,24). The van der Waals surface area contributed by atoms with Crippen LogP contribution in [0.25, 0.3) is 17.7 Å². The highest BCUT2D eigenvalue weighted by Crippen LogP contribution is 2.36. The molecule has 1 aromatic rings. The summed E-state index contributed by atoms with van der Waals surface area (Å²) in [4.78, 5) is 24.1. The van der Waals surface area contributed by atoms with Crippen LogP contribution in [0, 0.1) is 12.3 Å². The van der Waals surface area contributed by atoms with Gasteiger partial charge in [0.2, 0.25) is 0 Å². The first-order valence-electron chi connectivity index (χ1n) is 8.59. The third-order valence-electron chi connectivity index (χ3n) is 5.04. The Bertz CT molecular complexity index is 869. The van der Waals surface area contributed by atoms with Gasteiger partial charge in [0.25, 0.3) is 0 Å². The third kappa shape index (κ3) is 3.08. The number of carbonyl (C=O) groups excluding carboxylic acids is 1. The second-order valence-corrected chi connectivity index (χ2v) is 7.58. The van der Waals surface area contributed by atoms with E-state index in [0.717, 1.165) is 46.4 Å². The molecule has 126 valence electrons. The highest BCUT2D eigenvalue weighted by molar-refractivity contribution is 6.22. The van der Waals surface area contributed by atoms with E-state index in [1.54, 1.807) is 0 Å². The van der Waals surface area contributed by atoms with Gasteiger partial charge in [-0.1, -0.05) is 38.1 Å². The maximum atomic E-state index is 12.7. The molecule has 3 heteroatoms. The number of fused-ring (bicyclic) bond motifs is 1. The van der Waals surface area contributed by atoms with E-state index in [1.165, 1.54) is 0 Å². The molecular formula is C21H24O3. The maximum Gasteiger partial charge on any atom is 0.307 e. The predicted molar refractivity (Wildman–Crippen MR) is 95.9 cm³/mol. The Hall–Kier alpha value is -2.16. The molecule has 0 saturated carbocycles. The second kappa shape index (κ2) is 6.04. The van der Waals surface area contributed by atoms with Gasteiger partial charge in [-0.05, 0) is 58.7 Å². The Balaban J connectivity index is 2.37. The predicted octanol–water partition coefficient (Wildman–Crippen LogP) is 2.75. The molecule has 0 fully saturated rings. The Kier molecular flexibility index (Phi) is 4.20. The molecule has 1 aromatic carbocycles. The van der Waals surface area contributed by atoms with Crippen LogP contribution in [0.1, 0.15) is 56.2 Å². The summed E-state index contributed by atoms with van der Waals surface area (Å²) in [6.45, 7) is 6.21. The van der Waals surface area contributed by atoms with Crippen molar-refractivity contribution in [3.63, 3.8) is 0 Å². The number of aryl methyl sites for hydroxylation is 1. The number of aliphatic carboxylic acids is 1. The van der Waals surface area contributed by atoms with E-state index in [9.17, 15) is 14.7 Å². The lowest BCUT2D eigenvalue weighted by Crippen LogP contribution is -2.35. The van der Waals surface area contributed by atoms with Crippen molar-refractivity contribution in [3.05, 3.63) is 39.3 Å². The summed E-state index contributed by atoms with van der Waals surface area (Å²) in [5.41, 5.74) is 3.27. The first kappa shape index (κ1) is 16.7. The molecule has 3 nitrogen and oxygen atoms in total. The molecule has 1 N–H and O–H groups in total. The zero-order valence-electron chi connectivity index (χ0n) is 14.6. The van der Waals surface area contributed by atoms with Gasteiger partial charge < -0.3 is 5.11 Å². The molecule has 0 amide bonds. The number of hydrogen-bond acceptors (Lipinski definition) is 2. The van der Waals surface area contributed by atoms with Gasteiger partial charge in [-0.2, -0.15) is 0 Å². The van der Waals surface area contributed by atoms with Crippen molar-refractivity contribution in [2.45, 2.75) is 52.9 Å². The Labute approximate surface area is 142 Å². The van der Waals surface area contributed by atoms with Crippen molar-refractivity contribution < 1.29 is 14.7 Å². The third-order valence-corrected chi connectivity index (χ3v) is 5.04. The molecule has 2 aliphatic rings. The zero-order chi connectivity index (χ0) is 17.5. The fourth-order valence-electron chi connectivity index (χ4n) is 3.77.